The number of nitrogens with zero attached hydrogens (tertiary/aromatic N) is 3. The highest BCUT2D eigenvalue weighted by Gasteiger charge is 2.17. The fourth-order valence-corrected chi connectivity index (χ4v) is 4.09. The van der Waals surface area contributed by atoms with Gasteiger partial charge in [-0.1, -0.05) is 49.2 Å². The van der Waals surface area contributed by atoms with Crippen LogP contribution >= 0.6 is 11.6 Å². The van der Waals surface area contributed by atoms with Crippen molar-refractivity contribution in [1.82, 2.24) is 14.3 Å². The van der Waals surface area contributed by atoms with Crippen LogP contribution in [0.5, 0.6) is 11.5 Å². The van der Waals surface area contributed by atoms with E-state index >= 15 is 0 Å². The SMILES string of the molecule is CCCCc1nn(-c2ccc(OC)cc2Cl)c(=O)n1Cc1ccc(OCc2ccc(C(=O)O)cc2)cc1. The topological polar surface area (TPSA) is 95.6 Å². The average Bonchev–Trinajstić information content (AvgIpc) is 3.21. The molecule has 4 rings (SSSR count). The third-order valence-corrected chi connectivity index (χ3v) is 6.25. The van der Waals surface area contributed by atoms with Gasteiger partial charge in [-0.25, -0.2) is 9.59 Å². The third-order valence-electron chi connectivity index (χ3n) is 5.95. The molecule has 1 aromatic heterocycles. The Morgan fingerprint density at radius 1 is 1.00 bits per heavy atom. The second-order valence-electron chi connectivity index (χ2n) is 8.55. The van der Waals surface area contributed by atoms with Gasteiger partial charge in [0.1, 0.15) is 23.9 Å². The Morgan fingerprint density at radius 3 is 2.30 bits per heavy atom. The Labute approximate surface area is 219 Å². The summed E-state index contributed by atoms with van der Waals surface area (Å²) in [6.45, 7) is 2.77. The summed E-state index contributed by atoms with van der Waals surface area (Å²) in [4.78, 5) is 24.4. The number of hydrogen-bond acceptors (Lipinski definition) is 5. The molecule has 0 bridgehead atoms. The molecule has 0 spiro atoms. The highest BCUT2D eigenvalue weighted by Crippen LogP contribution is 2.25. The van der Waals surface area contributed by atoms with Crippen molar-refractivity contribution in [3.8, 4) is 17.2 Å². The Hall–Kier alpha value is -4.04. The van der Waals surface area contributed by atoms with Gasteiger partial charge in [0, 0.05) is 12.5 Å². The van der Waals surface area contributed by atoms with Crippen LogP contribution in [0, 0.1) is 0 Å². The molecule has 0 aliphatic heterocycles. The predicted molar refractivity (Wildman–Crippen MR) is 141 cm³/mol. The minimum atomic E-state index is -0.961. The maximum Gasteiger partial charge on any atom is 0.351 e. The molecular formula is C28H28ClN3O5. The molecule has 37 heavy (non-hydrogen) atoms. The van der Waals surface area contributed by atoms with E-state index in [1.807, 2.05) is 24.3 Å². The van der Waals surface area contributed by atoms with Gasteiger partial charge in [-0.3, -0.25) is 4.57 Å². The number of aromatic nitrogens is 3. The first-order valence-corrected chi connectivity index (χ1v) is 12.3. The molecule has 1 heterocycles. The van der Waals surface area contributed by atoms with E-state index < -0.39 is 5.97 Å². The van der Waals surface area contributed by atoms with Crippen LogP contribution in [0.1, 0.15) is 47.1 Å². The number of carbonyl (C=O) groups is 1. The summed E-state index contributed by atoms with van der Waals surface area (Å²) < 4.78 is 14.1. The molecule has 192 valence electrons. The normalized spacial score (nSPS) is 10.9. The number of aryl methyl sites for hydroxylation is 1. The summed E-state index contributed by atoms with van der Waals surface area (Å²) in [6.07, 6.45) is 2.57. The van der Waals surface area contributed by atoms with Crippen molar-refractivity contribution in [2.45, 2.75) is 39.3 Å². The Morgan fingerprint density at radius 2 is 1.68 bits per heavy atom. The number of aromatic carboxylic acids is 1. The first-order chi connectivity index (χ1) is 17.9. The maximum atomic E-state index is 13.4. The Bertz CT molecular complexity index is 1430. The van der Waals surface area contributed by atoms with Crippen LogP contribution in [0.2, 0.25) is 5.02 Å². The molecule has 8 nitrogen and oxygen atoms in total. The third kappa shape index (κ3) is 6.21. The number of ether oxygens (including phenoxy) is 2. The van der Waals surface area contributed by atoms with Gasteiger partial charge >= 0.3 is 11.7 Å². The van der Waals surface area contributed by atoms with Crippen molar-refractivity contribution < 1.29 is 19.4 Å². The number of unbranched alkanes of at least 4 members (excludes halogenated alkanes) is 1. The smallest absolute Gasteiger partial charge is 0.351 e. The van der Waals surface area contributed by atoms with Crippen molar-refractivity contribution in [3.63, 3.8) is 0 Å². The van der Waals surface area contributed by atoms with Gasteiger partial charge in [-0.05, 0) is 53.9 Å². The molecule has 9 heteroatoms. The minimum Gasteiger partial charge on any atom is -0.497 e. The lowest BCUT2D eigenvalue weighted by Crippen LogP contribution is -2.25. The van der Waals surface area contributed by atoms with Crippen molar-refractivity contribution in [3.05, 3.63) is 105 Å². The number of rotatable bonds is 11. The van der Waals surface area contributed by atoms with E-state index in [1.165, 1.54) is 4.68 Å². The van der Waals surface area contributed by atoms with Crippen LogP contribution in [-0.4, -0.2) is 32.5 Å². The quantitative estimate of drug-likeness (QED) is 0.285. The molecule has 0 fully saturated rings. The van der Waals surface area contributed by atoms with Crippen LogP contribution in [0.4, 0.5) is 0 Å². The number of halogens is 1. The molecule has 0 saturated carbocycles. The van der Waals surface area contributed by atoms with E-state index in [0.717, 1.165) is 24.0 Å². The summed E-state index contributed by atoms with van der Waals surface area (Å²) in [6, 6.07) is 19.2. The van der Waals surface area contributed by atoms with Crippen LogP contribution in [0.3, 0.4) is 0 Å². The highest BCUT2D eigenvalue weighted by atomic mass is 35.5. The van der Waals surface area contributed by atoms with E-state index in [9.17, 15) is 9.59 Å². The van der Waals surface area contributed by atoms with Gasteiger partial charge in [-0.2, -0.15) is 4.68 Å². The van der Waals surface area contributed by atoms with Crippen LogP contribution in [0.25, 0.3) is 5.69 Å². The lowest BCUT2D eigenvalue weighted by Gasteiger charge is -2.09. The van der Waals surface area contributed by atoms with Gasteiger partial charge in [0.05, 0.1) is 29.9 Å². The number of methoxy groups -OCH3 is 1. The molecule has 3 aromatic carbocycles. The Balaban J connectivity index is 1.51. The summed E-state index contributed by atoms with van der Waals surface area (Å²) in [7, 11) is 1.56. The van der Waals surface area contributed by atoms with Gasteiger partial charge in [0.2, 0.25) is 0 Å². The van der Waals surface area contributed by atoms with E-state index in [4.69, 9.17) is 26.2 Å². The van der Waals surface area contributed by atoms with Crippen molar-refractivity contribution in [1.29, 1.82) is 0 Å². The molecule has 0 aliphatic carbocycles. The summed E-state index contributed by atoms with van der Waals surface area (Å²) in [5, 5.41) is 14.0. The van der Waals surface area contributed by atoms with E-state index in [1.54, 1.807) is 54.1 Å². The van der Waals surface area contributed by atoms with Gasteiger partial charge in [-0.15, -0.1) is 5.10 Å². The molecule has 0 aliphatic rings. The predicted octanol–water partition coefficient (Wildman–Crippen LogP) is 5.36. The largest absolute Gasteiger partial charge is 0.497 e. The second kappa shape index (κ2) is 11.8. The molecule has 1 N–H and O–H groups in total. The number of benzene rings is 3. The number of hydrogen-bond donors (Lipinski definition) is 1. The molecule has 4 aromatic rings. The van der Waals surface area contributed by atoms with E-state index in [2.05, 4.69) is 12.0 Å². The van der Waals surface area contributed by atoms with Crippen LogP contribution in [-0.2, 0) is 19.6 Å². The number of carboxylic acid groups (broad SMARTS) is 1. The van der Waals surface area contributed by atoms with Crippen molar-refractivity contribution >= 4 is 17.6 Å². The minimum absolute atomic E-state index is 0.235. The molecule has 0 radical (unpaired) electrons. The van der Waals surface area contributed by atoms with Gasteiger partial charge < -0.3 is 14.6 Å². The molecule has 0 saturated heterocycles. The summed E-state index contributed by atoms with van der Waals surface area (Å²) >= 11 is 6.42. The average molecular weight is 522 g/mol. The second-order valence-corrected chi connectivity index (χ2v) is 8.96. The van der Waals surface area contributed by atoms with E-state index in [0.29, 0.717) is 47.6 Å². The first-order valence-electron chi connectivity index (χ1n) is 12.0. The van der Waals surface area contributed by atoms with E-state index in [-0.39, 0.29) is 11.3 Å². The van der Waals surface area contributed by atoms with Crippen molar-refractivity contribution in [2.75, 3.05) is 7.11 Å². The van der Waals surface area contributed by atoms with Crippen molar-refractivity contribution in [2.24, 2.45) is 0 Å². The van der Waals surface area contributed by atoms with Crippen LogP contribution in [0.15, 0.2) is 71.5 Å². The monoisotopic (exact) mass is 521 g/mol. The zero-order chi connectivity index (χ0) is 26.4. The zero-order valence-electron chi connectivity index (χ0n) is 20.7. The fourth-order valence-electron chi connectivity index (χ4n) is 3.84. The Kier molecular flexibility index (Phi) is 8.30. The highest BCUT2D eigenvalue weighted by molar-refractivity contribution is 6.32. The number of carboxylic acids is 1. The van der Waals surface area contributed by atoms with Gasteiger partial charge in [0.25, 0.3) is 0 Å². The maximum absolute atomic E-state index is 13.4. The lowest BCUT2D eigenvalue weighted by molar-refractivity contribution is 0.0697. The van der Waals surface area contributed by atoms with Crippen LogP contribution < -0.4 is 15.2 Å². The molecule has 0 amide bonds. The lowest BCUT2D eigenvalue weighted by atomic mass is 10.1. The van der Waals surface area contributed by atoms with Gasteiger partial charge in [0.15, 0.2) is 0 Å². The molecule has 0 atom stereocenters. The summed E-state index contributed by atoms with van der Waals surface area (Å²) in [5.74, 6) is 1.01. The molecule has 0 unspecified atom stereocenters. The standard InChI is InChI=1S/C28H28ClN3O5/c1-3-4-5-26-30-32(25-15-14-23(36-2)16-24(25)29)28(35)31(26)17-19-8-12-22(13-9-19)37-18-20-6-10-21(11-7-20)27(33)34/h6-16H,3-5,17-18H2,1-2H3,(H,33,34). The molecular weight excluding hydrogens is 494 g/mol. The zero-order valence-corrected chi connectivity index (χ0v) is 21.4. The first kappa shape index (κ1) is 26.0. The fraction of sp³-hybridized carbons (Fsp3) is 0.250. The summed E-state index contributed by atoms with van der Waals surface area (Å²) in [5.41, 5.74) is 2.27.